The summed E-state index contributed by atoms with van der Waals surface area (Å²) in [6.45, 7) is 0. The number of esters is 1. The van der Waals surface area contributed by atoms with E-state index in [1.807, 2.05) is 5.32 Å². The third-order valence-corrected chi connectivity index (χ3v) is 3.81. The maximum absolute atomic E-state index is 14.0. The van der Waals surface area contributed by atoms with Crippen molar-refractivity contribution in [3.63, 3.8) is 0 Å². The van der Waals surface area contributed by atoms with Crippen LogP contribution in [0.25, 0.3) is 10.4 Å². The van der Waals surface area contributed by atoms with Gasteiger partial charge < -0.3 is 10.1 Å². The smallest absolute Gasteiger partial charge is 0.337 e. The topological polar surface area (TPSA) is 104 Å². The highest BCUT2D eigenvalue weighted by atomic mass is 127. The van der Waals surface area contributed by atoms with Gasteiger partial charge in [0.05, 0.1) is 12.7 Å². The summed E-state index contributed by atoms with van der Waals surface area (Å²) in [6, 6.07) is 3.89. The maximum atomic E-state index is 14.0. The van der Waals surface area contributed by atoms with Crippen LogP contribution in [0.5, 0.6) is 0 Å². The van der Waals surface area contributed by atoms with Crippen molar-refractivity contribution in [1.29, 1.82) is 0 Å². The van der Waals surface area contributed by atoms with Gasteiger partial charge in [-0.3, -0.25) is 4.79 Å². The molecule has 0 aliphatic heterocycles. The van der Waals surface area contributed by atoms with Crippen LogP contribution < -0.4 is 5.32 Å². The normalized spacial score (nSPS) is 10.1. The molecule has 7 nitrogen and oxygen atoms in total. The van der Waals surface area contributed by atoms with E-state index in [9.17, 15) is 27.2 Å². The van der Waals surface area contributed by atoms with Crippen molar-refractivity contribution < 1.29 is 31.9 Å². The van der Waals surface area contributed by atoms with Crippen LogP contribution in [-0.4, -0.2) is 19.0 Å². The number of anilines is 1. The molecule has 0 bridgehead atoms. The van der Waals surface area contributed by atoms with E-state index in [1.165, 1.54) is 12.1 Å². The molecule has 2 aromatic rings. The average molecular weight is 494 g/mol. The number of carbonyl (C=O) groups excluding carboxylic acids is 2. The van der Waals surface area contributed by atoms with Crippen LogP contribution >= 0.6 is 22.6 Å². The van der Waals surface area contributed by atoms with Gasteiger partial charge in [-0.15, -0.1) is 0 Å². The first-order valence-electron chi connectivity index (χ1n) is 6.82. The highest BCUT2D eigenvalue weighted by molar-refractivity contribution is 14.1. The Morgan fingerprint density at radius 2 is 1.70 bits per heavy atom. The van der Waals surface area contributed by atoms with Gasteiger partial charge in [-0.05, 0) is 46.3 Å². The summed E-state index contributed by atoms with van der Waals surface area (Å²) < 4.78 is 60.6. The van der Waals surface area contributed by atoms with Crippen LogP contribution in [-0.2, 0) is 4.74 Å². The van der Waals surface area contributed by atoms with E-state index in [0.717, 1.165) is 13.2 Å². The molecule has 2 aromatic carbocycles. The van der Waals surface area contributed by atoms with E-state index in [-0.39, 0.29) is 11.3 Å². The Balaban J connectivity index is 2.50. The minimum Gasteiger partial charge on any atom is -0.465 e. The van der Waals surface area contributed by atoms with Crippen LogP contribution in [0.3, 0.4) is 0 Å². The van der Waals surface area contributed by atoms with Crippen LogP contribution in [0, 0.1) is 26.8 Å². The van der Waals surface area contributed by atoms with Crippen LogP contribution in [0.15, 0.2) is 23.3 Å². The molecule has 0 aromatic heterocycles. The standard InChI is InChI=1S/C15H7F4IN4O3/c1-27-15(26)5-2-6(20)4-7(3-5)22-14(25)8-9(16)11(18)13(23-24-21)12(19)10(8)17/h2-4H,1H3,(H,22,25). The summed E-state index contributed by atoms with van der Waals surface area (Å²) in [5.41, 5.74) is 5.06. The molecule has 27 heavy (non-hydrogen) atoms. The molecule has 0 aliphatic rings. The predicted molar refractivity (Wildman–Crippen MR) is 93.5 cm³/mol. The highest BCUT2D eigenvalue weighted by Gasteiger charge is 2.29. The summed E-state index contributed by atoms with van der Waals surface area (Å²) in [6.07, 6.45) is 0. The molecular weight excluding hydrogens is 487 g/mol. The molecule has 0 saturated carbocycles. The van der Waals surface area contributed by atoms with Crippen molar-refractivity contribution in [3.05, 3.63) is 66.6 Å². The van der Waals surface area contributed by atoms with E-state index in [2.05, 4.69) is 14.8 Å². The summed E-state index contributed by atoms with van der Waals surface area (Å²) in [7, 11) is 1.13. The number of carbonyl (C=O) groups is 2. The van der Waals surface area contributed by atoms with Crippen LogP contribution in [0.1, 0.15) is 20.7 Å². The molecule has 0 heterocycles. The second-order valence-electron chi connectivity index (χ2n) is 4.84. The Morgan fingerprint density at radius 1 is 1.11 bits per heavy atom. The third-order valence-electron chi connectivity index (χ3n) is 3.19. The number of nitrogens with one attached hydrogen (secondary N) is 1. The largest absolute Gasteiger partial charge is 0.465 e. The van der Waals surface area contributed by atoms with Crippen molar-refractivity contribution in [1.82, 2.24) is 0 Å². The van der Waals surface area contributed by atoms with Gasteiger partial charge >= 0.3 is 5.97 Å². The van der Waals surface area contributed by atoms with Crippen molar-refractivity contribution in [2.45, 2.75) is 0 Å². The molecule has 1 N–H and O–H groups in total. The monoisotopic (exact) mass is 494 g/mol. The Bertz CT molecular complexity index is 980. The fourth-order valence-corrected chi connectivity index (χ4v) is 2.71. The zero-order chi connectivity index (χ0) is 20.3. The first kappa shape index (κ1) is 20.5. The molecule has 0 aliphatic carbocycles. The zero-order valence-electron chi connectivity index (χ0n) is 13.2. The Kier molecular flexibility index (Phi) is 6.23. The highest BCUT2D eigenvalue weighted by Crippen LogP contribution is 2.31. The van der Waals surface area contributed by atoms with Gasteiger partial charge in [0.15, 0.2) is 23.3 Å². The third kappa shape index (κ3) is 4.11. The maximum Gasteiger partial charge on any atom is 0.337 e. The van der Waals surface area contributed by atoms with E-state index in [0.29, 0.717) is 3.57 Å². The Labute approximate surface area is 162 Å². The summed E-state index contributed by atoms with van der Waals surface area (Å²) in [4.78, 5) is 25.8. The van der Waals surface area contributed by atoms with Crippen molar-refractivity contribution in [3.8, 4) is 0 Å². The summed E-state index contributed by atoms with van der Waals surface area (Å²) in [5, 5.41) is 4.57. The van der Waals surface area contributed by atoms with Crippen molar-refractivity contribution >= 4 is 45.8 Å². The van der Waals surface area contributed by atoms with E-state index in [1.54, 1.807) is 22.6 Å². The van der Waals surface area contributed by atoms with Gasteiger partial charge in [-0.25, -0.2) is 22.4 Å². The molecule has 0 fully saturated rings. The molecule has 140 valence electrons. The fraction of sp³-hybridized carbons (Fsp3) is 0.0667. The lowest BCUT2D eigenvalue weighted by atomic mass is 10.1. The number of amides is 1. The predicted octanol–water partition coefficient (Wildman–Crippen LogP) is 4.83. The van der Waals surface area contributed by atoms with E-state index >= 15 is 0 Å². The number of hydrogen-bond donors (Lipinski definition) is 1. The van der Waals surface area contributed by atoms with Gasteiger partial charge in [0.1, 0.15) is 11.3 Å². The van der Waals surface area contributed by atoms with Gasteiger partial charge in [0.2, 0.25) is 0 Å². The lowest BCUT2D eigenvalue weighted by Crippen LogP contribution is -2.18. The van der Waals surface area contributed by atoms with Gasteiger partial charge in [0.25, 0.3) is 5.91 Å². The SMILES string of the molecule is COC(=O)c1cc(I)cc(NC(=O)c2c(F)c(F)c(N=[N+]=[N-])c(F)c2F)c1. The number of nitrogens with zero attached hydrogens (tertiary/aromatic N) is 3. The summed E-state index contributed by atoms with van der Waals surface area (Å²) >= 11 is 1.81. The van der Waals surface area contributed by atoms with Crippen LogP contribution in [0.4, 0.5) is 28.9 Å². The quantitative estimate of drug-likeness (QED) is 0.125. The van der Waals surface area contributed by atoms with Crippen molar-refractivity contribution in [2.75, 3.05) is 12.4 Å². The molecule has 2 rings (SSSR count). The molecule has 0 radical (unpaired) electrons. The zero-order valence-corrected chi connectivity index (χ0v) is 15.3. The Morgan fingerprint density at radius 3 is 2.22 bits per heavy atom. The van der Waals surface area contributed by atoms with Gasteiger partial charge in [-0.2, -0.15) is 0 Å². The van der Waals surface area contributed by atoms with Crippen molar-refractivity contribution in [2.24, 2.45) is 5.11 Å². The first-order chi connectivity index (χ1) is 12.7. The number of hydrogen-bond acceptors (Lipinski definition) is 4. The molecule has 12 heteroatoms. The minimum atomic E-state index is -2.03. The minimum absolute atomic E-state index is 0.0247. The molecule has 1 amide bonds. The Hall–Kier alpha value is -2.86. The summed E-state index contributed by atoms with van der Waals surface area (Å²) in [5.74, 6) is -10.4. The van der Waals surface area contributed by atoms with E-state index in [4.69, 9.17) is 5.53 Å². The first-order valence-corrected chi connectivity index (χ1v) is 7.90. The average Bonchev–Trinajstić information content (AvgIpc) is 2.62. The molecule has 0 saturated heterocycles. The molecule has 0 spiro atoms. The number of ether oxygens (including phenoxy) is 1. The van der Waals surface area contributed by atoms with E-state index < -0.39 is 46.4 Å². The number of azide groups is 1. The van der Waals surface area contributed by atoms with Gasteiger partial charge in [-0.1, -0.05) is 5.11 Å². The number of methoxy groups -OCH3 is 1. The van der Waals surface area contributed by atoms with Crippen LogP contribution in [0.2, 0.25) is 0 Å². The molecular formula is C15H7F4IN4O3. The van der Waals surface area contributed by atoms with Gasteiger partial charge in [0, 0.05) is 14.2 Å². The fourth-order valence-electron chi connectivity index (χ4n) is 2.04. The number of halogens is 5. The lowest BCUT2D eigenvalue weighted by molar-refractivity contribution is 0.0600. The number of benzene rings is 2. The second-order valence-corrected chi connectivity index (χ2v) is 6.09. The second kappa shape index (κ2) is 8.22. The molecule has 0 unspecified atom stereocenters. The molecule has 0 atom stereocenters. The lowest BCUT2D eigenvalue weighted by Gasteiger charge is -2.11. The number of rotatable bonds is 4.